The minimum atomic E-state index is -4.60. The molecule has 0 aliphatic heterocycles. The Bertz CT molecular complexity index is 617. The molecule has 1 aromatic rings. The average Bonchev–Trinajstić information content (AvgIpc) is 2.43. The van der Waals surface area contributed by atoms with E-state index >= 15 is 0 Å². The molecular weight excluding hydrogens is 363 g/mol. The number of amides is 1. The quantitative estimate of drug-likeness (QED) is 0.536. The molecule has 0 heterocycles. The van der Waals surface area contributed by atoms with E-state index in [-0.39, 0.29) is 5.56 Å². The largest absolute Gasteiger partial charge is 0.435 e. The maximum absolute atomic E-state index is 12.4. The first-order chi connectivity index (χ1) is 11.5. The van der Waals surface area contributed by atoms with Gasteiger partial charge in [0.1, 0.15) is 18.0 Å². The second-order valence-electron chi connectivity index (χ2n) is 4.60. The molecule has 4 nitrogen and oxygen atoms in total. The zero-order valence-corrected chi connectivity index (χ0v) is 12.6. The van der Waals surface area contributed by atoms with Crippen LogP contribution in [-0.2, 0) is 4.79 Å². The molecule has 1 amide bonds. The van der Waals surface area contributed by atoms with Crippen molar-refractivity contribution in [2.24, 2.45) is 0 Å². The Morgan fingerprint density at radius 1 is 1.16 bits per heavy atom. The lowest BCUT2D eigenvalue weighted by Gasteiger charge is -2.17. The second-order valence-corrected chi connectivity index (χ2v) is 4.60. The second kappa shape index (κ2) is 8.58. The number of hydrogen-bond donors (Lipinski definition) is 0. The number of nitrogens with zero attached hydrogens (tertiary/aromatic N) is 1. The normalized spacial score (nSPS) is 12.1. The highest BCUT2D eigenvalue weighted by Crippen LogP contribution is 2.28. The van der Waals surface area contributed by atoms with Crippen LogP contribution in [0.25, 0.3) is 6.08 Å². The zero-order valence-electron chi connectivity index (χ0n) is 12.6. The minimum absolute atomic E-state index is 0.143. The minimum Gasteiger partial charge on any atom is -0.435 e. The molecule has 0 aliphatic rings. The zero-order chi connectivity index (χ0) is 19.2. The Morgan fingerprint density at radius 3 is 2.28 bits per heavy atom. The topological polar surface area (TPSA) is 38.8 Å². The lowest BCUT2D eigenvalue weighted by atomic mass is 10.1. The van der Waals surface area contributed by atoms with Crippen LogP contribution >= 0.6 is 0 Å². The van der Waals surface area contributed by atoms with Gasteiger partial charge in [-0.05, 0) is 18.2 Å². The van der Waals surface area contributed by atoms with Gasteiger partial charge >= 0.3 is 19.4 Å². The fourth-order valence-corrected chi connectivity index (χ4v) is 1.66. The Labute approximate surface area is 137 Å². The van der Waals surface area contributed by atoms with Crippen LogP contribution in [0.15, 0.2) is 24.3 Å². The Hall–Kier alpha value is -2.46. The van der Waals surface area contributed by atoms with Gasteiger partial charge in [0.2, 0.25) is 5.91 Å². The highest BCUT2D eigenvalue weighted by atomic mass is 19.4. The maximum atomic E-state index is 12.4. The van der Waals surface area contributed by atoms with E-state index < -0.39 is 43.4 Å². The Kier molecular flexibility index (Phi) is 7.07. The van der Waals surface area contributed by atoms with E-state index in [0.29, 0.717) is 11.0 Å². The number of halogens is 7. The molecule has 0 N–H and O–H groups in total. The van der Waals surface area contributed by atoms with Crippen molar-refractivity contribution in [3.63, 3.8) is 0 Å². The lowest BCUT2D eigenvalue weighted by Crippen LogP contribution is -2.34. The van der Waals surface area contributed by atoms with Crippen LogP contribution in [0.1, 0.15) is 5.56 Å². The van der Waals surface area contributed by atoms with E-state index in [4.69, 9.17) is 0 Å². The lowest BCUT2D eigenvalue weighted by molar-refractivity contribution is -0.155. The summed E-state index contributed by atoms with van der Waals surface area (Å²) in [6, 6.07) is 2.76. The van der Waals surface area contributed by atoms with Gasteiger partial charge in [-0.25, -0.2) is 0 Å². The molecule has 0 unspecified atom stereocenters. The van der Waals surface area contributed by atoms with E-state index in [1.807, 2.05) is 0 Å². The SMILES string of the molecule is CN(CC(F)(F)F)C(=O)/C=C/c1ccc(OC(F)F)cc1OC(F)F. The molecule has 1 rings (SSSR count). The van der Waals surface area contributed by atoms with Gasteiger partial charge in [-0.2, -0.15) is 30.7 Å². The first kappa shape index (κ1) is 20.6. The molecule has 0 aromatic heterocycles. The van der Waals surface area contributed by atoms with Crippen LogP contribution in [0.4, 0.5) is 30.7 Å². The number of likely N-dealkylation sites (N-methyl/N-ethyl adjacent to an activating group) is 1. The van der Waals surface area contributed by atoms with Crippen LogP contribution in [0.5, 0.6) is 11.5 Å². The van der Waals surface area contributed by atoms with E-state index in [1.54, 1.807) is 0 Å². The predicted molar refractivity (Wildman–Crippen MR) is 72.4 cm³/mol. The molecule has 25 heavy (non-hydrogen) atoms. The number of carbonyl (C=O) groups is 1. The number of benzene rings is 1. The highest BCUT2D eigenvalue weighted by Gasteiger charge is 2.30. The Balaban J connectivity index is 2.97. The Morgan fingerprint density at radius 2 is 1.76 bits per heavy atom. The van der Waals surface area contributed by atoms with Gasteiger partial charge in [-0.15, -0.1) is 0 Å². The first-order valence-electron chi connectivity index (χ1n) is 6.51. The molecule has 0 atom stereocenters. The van der Waals surface area contributed by atoms with Gasteiger partial charge in [0.15, 0.2) is 0 Å². The van der Waals surface area contributed by atoms with Gasteiger partial charge in [-0.3, -0.25) is 4.79 Å². The monoisotopic (exact) mass is 375 g/mol. The van der Waals surface area contributed by atoms with Crippen molar-refractivity contribution < 1.29 is 45.0 Å². The molecule has 0 radical (unpaired) electrons. The van der Waals surface area contributed by atoms with Crippen molar-refractivity contribution in [3.8, 4) is 11.5 Å². The molecule has 11 heteroatoms. The molecule has 0 bridgehead atoms. The molecular formula is C14H12F7NO3. The van der Waals surface area contributed by atoms with Gasteiger partial charge in [0.25, 0.3) is 0 Å². The summed E-state index contributed by atoms with van der Waals surface area (Å²) < 4.78 is 93.7. The summed E-state index contributed by atoms with van der Waals surface area (Å²) in [6.07, 6.45) is -2.98. The fraction of sp³-hybridized carbons (Fsp3) is 0.357. The van der Waals surface area contributed by atoms with Crippen molar-refractivity contribution in [1.82, 2.24) is 4.90 Å². The molecule has 0 spiro atoms. The van der Waals surface area contributed by atoms with Crippen molar-refractivity contribution >= 4 is 12.0 Å². The van der Waals surface area contributed by atoms with E-state index in [2.05, 4.69) is 9.47 Å². The van der Waals surface area contributed by atoms with Crippen LogP contribution in [0, 0.1) is 0 Å². The van der Waals surface area contributed by atoms with Crippen LogP contribution in [0.3, 0.4) is 0 Å². The van der Waals surface area contributed by atoms with Gasteiger partial charge in [0.05, 0.1) is 0 Å². The van der Waals surface area contributed by atoms with E-state index in [9.17, 15) is 35.5 Å². The molecule has 1 aromatic carbocycles. The summed E-state index contributed by atoms with van der Waals surface area (Å²) in [5, 5.41) is 0. The third-order valence-corrected chi connectivity index (χ3v) is 2.62. The van der Waals surface area contributed by atoms with Gasteiger partial charge in [0, 0.05) is 24.8 Å². The summed E-state index contributed by atoms with van der Waals surface area (Å²) in [4.78, 5) is 11.9. The summed E-state index contributed by atoms with van der Waals surface area (Å²) in [5.41, 5.74) is -0.143. The third kappa shape index (κ3) is 7.77. The number of carbonyl (C=O) groups excluding carboxylic acids is 1. The first-order valence-corrected chi connectivity index (χ1v) is 6.51. The third-order valence-electron chi connectivity index (χ3n) is 2.62. The summed E-state index contributed by atoms with van der Waals surface area (Å²) in [6.45, 7) is -7.99. The standard InChI is InChI=1S/C14H12F7NO3/c1-22(7-14(19,20)21)11(23)5-3-8-2-4-9(24-12(15)16)6-10(8)25-13(17)18/h2-6,12-13H,7H2,1H3/b5-3+. The van der Waals surface area contributed by atoms with Crippen molar-refractivity contribution in [1.29, 1.82) is 0 Å². The molecule has 0 saturated heterocycles. The summed E-state index contributed by atoms with van der Waals surface area (Å²) in [7, 11) is 0.899. The fourth-order valence-electron chi connectivity index (χ4n) is 1.66. The van der Waals surface area contributed by atoms with Crippen molar-refractivity contribution in [2.75, 3.05) is 13.6 Å². The highest BCUT2D eigenvalue weighted by molar-refractivity contribution is 5.92. The van der Waals surface area contributed by atoms with Crippen molar-refractivity contribution in [3.05, 3.63) is 29.8 Å². The maximum Gasteiger partial charge on any atom is 0.406 e. The molecule has 0 saturated carbocycles. The van der Waals surface area contributed by atoms with Crippen molar-refractivity contribution in [2.45, 2.75) is 19.4 Å². The smallest absolute Gasteiger partial charge is 0.406 e. The van der Waals surface area contributed by atoms with Crippen LogP contribution in [0.2, 0.25) is 0 Å². The molecule has 0 fully saturated rings. The van der Waals surface area contributed by atoms with Crippen LogP contribution in [-0.4, -0.2) is 43.8 Å². The molecule has 0 aliphatic carbocycles. The van der Waals surface area contributed by atoms with E-state index in [0.717, 1.165) is 31.3 Å². The predicted octanol–water partition coefficient (Wildman–Crippen LogP) is 3.92. The number of alkyl halides is 7. The molecule has 140 valence electrons. The summed E-state index contributed by atoms with van der Waals surface area (Å²) in [5.74, 6) is -2.10. The van der Waals surface area contributed by atoms with E-state index in [1.165, 1.54) is 0 Å². The summed E-state index contributed by atoms with van der Waals surface area (Å²) >= 11 is 0. The number of rotatable bonds is 7. The number of hydrogen-bond acceptors (Lipinski definition) is 3. The van der Waals surface area contributed by atoms with Gasteiger partial charge in [-0.1, -0.05) is 0 Å². The number of ether oxygens (including phenoxy) is 2. The van der Waals surface area contributed by atoms with Crippen LogP contribution < -0.4 is 9.47 Å². The average molecular weight is 375 g/mol. The van der Waals surface area contributed by atoms with Gasteiger partial charge < -0.3 is 14.4 Å².